The molecule has 0 amide bonds. The number of hydrogen-bond acceptors (Lipinski definition) is 4. The molecule has 2 rings (SSSR count). The Kier molecular flexibility index (Phi) is 3.42. The molecule has 0 aromatic carbocycles. The van der Waals surface area contributed by atoms with E-state index in [1.165, 1.54) is 6.20 Å². The zero-order valence-corrected chi connectivity index (χ0v) is 9.64. The second-order valence-electron chi connectivity index (χ2n) is 4.13. The smallest absolute Gasteiger partial charge is 0.338 e. The van der Waals surface area contributed by atoms with Crippen LogP contribution >= 0.6 is 0 Å². The third kappa shape index (κ3) is 2.40. The van der Waals surface area contributed by atoms with Gasteiger partial charge in [-0.2, -0.15) is 5.26 Å². The molecule has 5 nitrogen and oxygen atoms in total. The van der Waals surface area contributed by atoms with Gasteiger partial charge in [-0.1, -0.05) is 0 Å². The first-order valence-corrected chi connectivity index (χ1v) is 5.66. The van der Waals surface area contributed by atoms with Gasteiger partial charge in [0, 0.05) is 18.8 Å². The van der Waals surface area contributed by atoms with Crippen molar-refractivity contribution in [3.8, 4) is 6.07 Å². The Hall–Kier alpha value is -2.16. The van der Waals surface area contributed by atoms with Gasteiger partial charge in [0.1, 0.15) is 5.56 Å². The van der Waals surface area contributed by atoms with Gasteiger partial charge in [0.2, 0.25) is 0 Å². The van der Waals surface area contributed by atoms with Crippen LogP contribution in [0.2, 0.25) is 0 Å². The largest absolute Gasteiger partial charge is 0.478 e. The molecule has 1 N–H and O–H groups in total. The summed E-state index contributed by atoms with van der Waals surface area (Å²) in [7, 11) is 0. The van der Waals surface area contributed by atoms with Gasteiger partial charge in [-0.25, -0.2) is 14.2 Å². The van der Waals surface area contributed by atoms with E-state index in [0.29, 0.717) is 6.54 Å². The normalized spacial score (nSPS) is 14.0. The standard InChI is InChI=1S/C12H12FN3O2/c13-10-9(12(17)18)4-6-15-11(10)16(7-1-5-14)8-2-3-8/h4,6,8H,1-3,7H2,(H,17,18). The minimum absolute atomic E-state index is 0.0349. The minimum atomic E-state index is -1.31. The van der Waals surface area contributed by atoms with Crippen LogP contribution in [0.1, 0.15) is 29.6 Å². The third-order valence-corrected chi connectivity index (χ3v) is 2.83. The molecule has 0 unspecified atom stereocenters. The Balaban J connectivity index is 2.32. The van der Waals surface area contributed by atoms with Crippen LogP contribution in [0.5, 0.6) is 0 Å². The minimum Gasteiger partial charge on any atom is -0.478 e. The van der Waals surface area contributed by atoms with E-state index in [2.05, 4.69) is 4.98 Å². The summed E-state index contributed by atoms with van der Waals surface area (Å²) in [5, 5.41) is 17.5. The van der Waals surface area contributed by atoms with E-state index >= 15 is 0 Å². The molecule has 0 saturated heterocycles. The molecule has 1 saturated carbocycles. The predicted octanol–water partition coefficient (Wildman–Crippen LogP) is 1.80. The molecule has 1 aromatic rings. The van der Waals surface area contributed by atoms with Crippen molar-refractivity contribution >= 4 is 11.8 Å². The second kappa shape index (κ2) is 5.00. The summed E-state index contributed by atoms with van der Waals surface area (Å²) in [6.45, 7) is 0.369. The van der Waals surface area contributed by atoms with Gasteiger partial charge in [0.05, 0.1) is 12.5 Å². The van der Waals surface area contributed by atoms with Crippen LogP contribution in [0.4, 0.5) is 10.2 Å². The molecule has 1 fully saturated rings. The van der Waals surface area contributed by atoms with Crippen molar-refractivity contribution in [2.45, 2.75) is 25.3 Å². The van der Waals surface area contributed by atoms with E-state index < -0.39 is 11.8 Å². The molecule has 0 aliphatic heterocycles. The van der Waals surface area contributed by atoms with Gasteiger partial charge in [-0.3, -0.25) is 0 Å². The van der Waals surface area contributed by atoms with Gasteiger partial charge in [0.25, 0.3) is 0 Å². The summed E-state index contributed by atoms with van der Waals surface area (Å²) in [6, 6.07) is 3.31. The van der Waals surface area contributed by atoms with Crippen molar-refractivity contribution in [3.63, 3.8) is 0 Å². The fourth-order valence-corrected chi connectivity index (χ4v) is 1.82. The SMILES string of the molecule is N#CCCN(c1nccc(C(=O)O)c1F)C1CC1. The lowest BCUT2D eigenvalue weighted by Gasteiger charge is -2.23. The first kappa shape index (κ1) is 12.3. The fraction of sp³-hybridized carbons (Fsp3) is 0.417. The number of aromatic carboxylic acids is 1. The molecule has 0 spiro atoms. The summed E-state index contributed by atoms with van der Waals surface area (Å²) in [5.74, 6) is -2.10. The molecule has 6 heteroatoms. The number of carboxylic acid groups (broad SMARTS) is 1. The second-order valence-corrected chi connectivity index (χ2v) is 4.13. The van der Waals surface area contributed by atoms with Crippen molar-refractivity contribution in [3.05, 3.63) is 23.6 Å². The van der Waals surface area contributed by atoms with Gasteiger partial charge in [-0.15, -0.1) is 0 Å². The molecule has 94 valence electrons. The highest BCUT2D eigenvalue weighted by Crippen LogP contribution is 2.32. The Morgan fingerprint density at radius 3 is 2.94 bits per heavy atom. The predicted molar refractivity (Wildman–Crippen MR) is 61.8 cm³/mol. The third-order valence-electron chi connectivity index (χ3n) is 2.83. The number of carbonyl (C=O) groups is 1. The summed E-state index contributed by atoms with van der Waals surface area (Å²) < 4.78 is 14.0. The number of nitrogens with zero attached hydrogens (tertiary/aromatic N) is 3. The summed E-state index contributed by atoms with van der Waals surface area (Å²) in [5.41, 5.74) is -0.386. The van der Waals surface area contributed by atoms with Crippen LogP contribution in [0, 0.1) is 17.1 Å². The zero-order valence-electron chi connectivity index (χ0n) is 9.64. The lowest BCUT2D eigenvalue weighted by molar-refractivity contribution is 0.0691. The summed E-state index contributed by atoms with van der Waals surface area (Å²) >= 11 is 0. The highest BCUT2D eigenvalue weighted by atomic mass is 19.1. The number of halogens is 1. The van der Waals surface area contributed by atoms with Crippen LogP contribution in [-0.4, -0.2) is 28.6 Å². The Labute approximate surface area is 103 Å². The quantitative estimate of drug-likeness (QED) is 0.860. The lowest BCUT2D eigenvalue weighted by atomic mass is 10.2. The average Bonchev–Trinajstić information content (AvgIpc) is 3.15. The number of anilines is 1. The Morgan fingerprint density at radius 1 is 1.67 bits per heavy atom. The zero-order chi connectivity index (χ0) is 13.1. The average molecular weight is 249 g/mol. The van der Waals surface area contributed by atoms with E-state index in [1.807, 2.05) is 6.07 Å². The molecule has 1 heterocycles. The first-order chi connectivity index (χ1) is 8.65. The molecule has 1 aliphatic rings. The Morgan fingerprint density at radius 2 is 2.39 bits per heavy atom. The lowest BCUT2D eigenvalue weighted by Crippen LogP contribution is -2.29. The maximum absolute atomic E-state index is 14.0. The molecule has 1 aromatic heterocycles. The van der Waals surface area contributed by atoms with Crippen LogP contribution < -0.4 is 4.90 Å². The van der Waals surface area contributed by atoms with Crippen molar-refractivity contribution in [2.24, 2.45) is 0 Å². The number of carboxylic acids is 1. The van der Waals surface area contributed by atoms with Crippen molar-refractivity contribution in [2.75, 3.05) is 11.4 Å². The van der Waals surface area contributed by atoms with Crippen molar-refractivity contribution in [1.29, 1.82) is 5.26 Å². The number of nitriles is 1. The van der Waals surface area contributed by atoms with E-state index in [-0.39, 0.29) is 23.8 Å². The van der Waals surface area contributed by atoms with Crippen LogP contribution in [-0.2, 0) is 0 Å². The first-order valence-electron chi connectivity index (χ1n) is 5.66. The topological polar surface area (TPSA) is 77.2 Å². The Bertz CT molecular complexity index is 509. The van der Waals surface area contributed by atoms with Crippen LogP contribution in [0.15, 0.2) is 12.3 Å². The number of rotatable bonds is 5. The summed E-state index contributed by atoms with van der Waals surface area (Å²) in [4.78, 5) is 16.5. The maximum Gasteiger partial charge on any atom is 0.338 e. The van der Waals surface area contributed by atoms with Crippen LogP contribution in [0.3, 0.4) is 0 Å². The molecular weight excluding hydrogens is 237 g/mol. The molecule has 1 aliphatic carbocycles. The monoisotopic (exact) mass is 249 g/mol. The molecular formula is C12H12FN3O2. The number of hydrogen-bond donors (Lipinski definition) is 1. The van der Waals surface area contributed by atoms with E-state index in [1.54, 1.807) is 4.90 Å². The molecule has 18 heavy (non-hydrogen) atoms. The molecule has 0 bridgehead atoms. The molecule has 0 radical (unpaired) electrons. The molecule has 0 atom stereocenters. The van der Waals surface area contributed by atoms with E-state index in [0.717, 1.165) is 18.9 Å². The van der Waals surface area contributed by atoms with Gasteiger partial charge in [0.15, 0.2) is 11.6 Å². The van der Waals surface area contributed by atoms with Crippen molar-refractivity contribution in [1.82, 2.24) is 4.98 Å². The highest BCUT2D eigenvalue weighted by Gasteiger charge is 2.32. The number of pyridine rings is 1. The highest BCUT2D eigenvalue weighted by molar-refractivity contribution is 5.88. The maximum atomic E-state index is 14.0. The van der Waals surface area contributed by atoms with Gasteiger partial charge in [-0.05, 0) is 18.9 Å². The van der Waals surface area contributed by atoms with Gasteiger partial charge < -0.3 is 10.0 Å². The van der Waals surface area contributed by atoms with E-state index in [4.69, 9.17) is 10.4 Å². The summed E-state index contributed by atoms with van der Waals surface area (Å²) in [6.07, 6.45) is 3.38. The van der Waals surface area contributed by atoms with E-state index in [9.17, 15) is 9.18 Å². The fourth-order valence-electron chi connectivity index (χ4n) is 1.82. The van der Waals surface area contributed by atoms with Crippen molar-refractivity contribution < 1.29 is 14.3 Å². The van der Waals surface area contributed by atoms with Crippen LogP contribution in [0.25, 0.3) is 0 Å². The number of aromatic nitrogens is 1. The van der Waals surface area contributed by atoms with Gasteiger partial charge >= 0.3 is 5.97 Å².